The van der Waals surface area contributed by atoms with E-state index in [1.54, 1.807) is 54.6 Å². The van der Waals surface area contributed by atoms with Crippen molar-refractivity contribution in [1.82, 2.24) is 5.32 Å². The van der Waals surface area contributed by atoms with Gasteiger partial charge in [0.05, 0.1) is 13.2 Å². The summed E-state index contributed by atoms with van der Waals surface area (Å²) in [4.78, 5) is 11.3. The fourth-order valence-corrected chi connectivity index (χ4v) is 2.01. The zero-order chi connectivity index (χ0) is 16.2. The highest BCUT2D eigenvalue weighted by Crippen LogP contribution is 2.26. The smallest absolute Gasteiger partial charge is 0.471 e. The average molecular weight is 309 g/mol. The predicted molar refractivity (Wildman–Crippen MR) is 75.5 cm³/mol. The van der Waals surface area contributed by atoms with Crippen molar-refractivity contribution in [2.24, 2.45) is 0 Å². The number of hydrogen-bond donors (Lipinski definition) is 1. The van der Waals surface area contributed by atoms with E-state index in [1.807, 2.05) is 5.32 Å². The van der Waals surface area contributed by atoms with Gasteiger partial charge in [0.25, 0.3) is 0 Å². The van der Waals surface area contributed by atoms with Crippen LogP contribution < -0.4 is 10.1 Å². The highest BCUT2D eigenvalue weighted by atomic mass is 19.4. The first-order chi connectivity index (χ1) is 10.4. The second-order valence-corrected chi connectivity index (χ2v) is 4.59. The number of alkyl halides is 3. The molecule has 1 atom stereocenters. The van der Waals surface area contributed by atoms with Crippen molar-refractivity contribution in [2.75, 3.05) is 7.11 Å². The average Bonchev–Trinajstić information content (AvgIpc) is 2.52. The molecule has 3 nitrogen and oxygen atoms in total. The lowest BCUT2D eigenvalue weighted by Crippen LogP contribution is -2.39. The van der Waals surface area contributed by atoms with Crippen molar-refractivity contribution in [3.63, 3.8) is 0 Å². The highest BCUT2D eigenvalue weighted by Gasteiger charge is 2.40. The Bertz CT molecular complexity index is 624. The Morgan fingerprint density at radius 2 is 1.55 bits per heavy atom. The summed E-state index contributed by atoms with van der Waals surface area (Å²) in [6.07, 6.45) is -4.93. The van der Waals surface area contributed by atoms with Crippen LogP contribution >= 0.6 is 0 Å². The van der Waals surface area contributed by atoms with E-state index in [9.17, 15) is 18.0 Å². The van der Waals surface area contributed by atoms with Gasteiger partial charge in [-0.3, -0.25) is 4.79 Å². The first-order valence-corrected chi connectivity index (χ1v) is 6.48. The number of amides is 1. The summed E-state index contributed by atoms with van der Waals surface area (Å²) in [6.45, 7) is 0. The summed E-state index contributed by atoms with van der Waals surface area (Å²) in [7, 11) is 1.50. The van der Waals surface area contributed by atoms with Gasteiger partial charge in [-0.15, -0.1) is 0 Å². The molecule has 0 saturated carbocycles. The molecule has 0 heterocycles. The Morgan fingerprint density at radius 1 is 1.00 bits per heavy atom. The number of nitrogens with one attached hydrogen (secondary N) is 1. The molecule has 2 rings (SSSR count). The fourth-order valence-electron chi connectivity index (χ4n) is 2.01. The van der Waals surface area contributed by atoms with E-state index >= 15 is 0 Å². The number of hydrogen-bond acceptors (Lipinski definition) is 2. The van der Waals surface area contributed by atoms with Crippen molar-refractivity contribution in [3.8, 4) is 5.75 Å². The maximum atomic E-state index is 12.5. The van der Waals surface area contributed by atoms with Crippen LogP contribution in [0, 0.1) is 0 Å². The number of carbonyl (C=O) groups excluding carboxylic acids is 1. The monoisotopic (exact) mass is 309 g/mol. The van der Waals surface area contributed by atoms with Crippen molar-refractivity contribution < 1.29 is 22.7 Å². The van der Waals surface area contributed by atoms with E-state index < -0.39 is 18.1 Å². The van der Waals surface area contributed by atoms with Crippen LogP contribution in [0.1, 0.15) is 17.2 Å². The lowest BCUT2D eigenvalue weighted by atomic mass is 9.98. The fraction of sp³-hybridized carbons (Fsp3) is 0.188. The number of methoxy groups -OCH3 is 1. The molecule has 1 amide bonds. The van der Waals surface area contributed by atoms with E-state index in [1.165, 1.54) is 7.11 Å². The first-order valence-electron chi connectivity index (χ1n) is 6.48. The molecular weight excluding hydrogens is 295 g/mol. The van der Waals surface area contributed by atoms with Crippen LogP contribution in [0.2, 0.25) is 0 Å². The molecule has 2 aromatic carbocycles. The van der Waals surface area contributed by atoms with Crippen LogP contribution in [0.15, 0.2) is 54.6 Å². The van der Waals surface area contributed by atoms with E-state index in [0.29, 0.717) is 16.9 Å². The van der Waals surface area contributed by atoms with Gasteiger partial charge in [0, 0.05) is 0 Å². The van der Waals surface area contributed by atoms with E-state index in [0.717, 1.165) is 0 Å². The van der Waals surface area contributed by atoms with Gasteiger partial charge >= 0.3 is 12.1 Å². The van der Waals surface area contributed by atoms with E-state index in [-0.39, 0.29) is 0 Å². The van der Waals surface area contributed by atoms with Crippen molar-refractivity contribution in [2.45, 2.75) is 12.2 Å². The Labute approximate surface area is 125 Å². The molecule has 0 fully saturated rings. The molecular formula is C16H14F3NO2. The lowest BCUT2D eigenvalue weighted by molar-refractivity contribution is -0.174. The summed E-state index contributed by atoms with van der Waals surface area (Å²) in [5.74, 6) is -1.39. The molecule has 116 valence electrons. The Balaban J connectivity index is 2.35. The molecule has 0 spiro atoms. The third kappa shape index (κ3) is 3.78. The first kappa shape index (κ1) is 15.9. The summed E-state index contributed by atoms with van der Waals surface area (Å²) < 4.78 is 42.6. The molecule has 0 aliphatic rings. The van der Waals surface area contributed by atoms with Gasteiger partial charge in [-0.2, -0.15) is 13.2 Å². The van der Waals surface area contributed by atoms with Crippen molar-refractivity contribution in [1.29, 1.82) is 0 Å². The number of benzene rings is 2. The molecule has 22 heavy (non-hydrogen) atoms. The van der Waals surface area contributed by atoms with Crippen molar-refractivity contribution in [3.05, 3.63) is 65.7 Å². The molecule has 2 aromatic rings. The standard InChI is InChI=1S/C16H14F3NO2/c1-22-13-9-7-12(8-10-13)14(11-5-3-2-4-6-11)20-15(21)16(17,18)19/h2-10,14H,1H3,(H,20,21). The summed E-state index contributed by atoms with van der Waals surface area (Å²) >= 11 is 0. The van der Waals surface area contributed by atoms with Crippen LogP contribution in [0.25, 0.3) is 0 Å². The highest BCUT2D eigenvalue weighted by molar-refractivity contribution is 5.82. The molecule has 1 unspecified atom stereocenters. The van der Waals surface area contributed by atoms with Crippen LogP contribution in [-0.2, 0) is 4.79 Å². The topological polar surface area (TPSA) is 38.3 Å². The van der Waals surface area contributed by atoms with Crippen LogP contribution in [0.3, 0.4) is 0 Å². The minimum absolute atomic E-state index is 0.532. The molecule has 1 N–H and O–H groups in total. The minimum Gasteiger partial charge on any atom is -0.497 e. The quantitative estimate of drug-likeness (QED) is 0.939. The molecule has 0 aromatic heterocycles. The maximum absolute atomic E-state index is 12.5. The van der Waals surface area contributed by atoms with Gasteiger partial charge in [0.1, 0.15) is 5.75 Å². The molecule has 0 radical (unpaired) electrons. The number of rotatable bonds is 4. The number of ether oxygens (including phenoxy) is 1. The normalized spacial score (nSPS) is 12.5. The number of carbonyl (C=O) groups is 1. The van der Waals surface area contributed by atoms with Crippen LogP contribution in [0.4, 0.5) is 13.2 Å². The van der Waals surface area contributed by atoms with Gasteiger partial charge in [-0.25, -0.2) is 0 Å². The van der Waals surface area contributed by atoms with E-state index in [2.05, 4.69) is 0 Å². The van der Waals surface area contributed by atoms with Crippen molar-refractivity contribution >= 4 is 5.91 Å². The summed E-state index contributed by atoms with van der Waals surface area (Å²) in [5, 5.41) is 2.02. The third-order valence-electron chi connectivity index (χ3n) is 3.11. The summed E-state index contributed by atoms with van der Waals surface area (Å²) in [6, 6.07) is 14.1. The lowest BCUT2D eigenvalue weighted by Gasteiger charge is -2.21. The van der Waals surface area contributed by atoms with Crippen LogP contribution in [0.5, 0.6) is 5.75 Å². The Morgan fingerprint density at radius 3 is 2.05 bits per heavy atom. The number of halogens is 3. The van der Waals surface area contributed by atoms with Gasteiger partial charge in [0.2, 0.25) is 0 Å². The Kier molecular flexibility index (Phi) is 4.70. The minimum atomic E-state index is -4.93. The van der Waals surface area contributed by atoms with E-state index in [4.69, 9.17) is 4.74 Å². The Hall–Kier alpha value is -2.50. The molecule has 0 saturated heterocycles. The van der Waals surface area contributed by atoms with Gasteiger partial charge < -0.3 is 10.1 Å². The van der Waals surface area contributed by atoms with Gasteiger partial charge in [0.15, 0.2) is 0 Å². The van der Waals surface area contributed by atoms with Crippen LogP contribution in [-0.4, -0.2) is 19.2 Å². The SMILES string of the molecule is COc1ccc(C(NC(=O)C(F)(F)F)c2ccccc2)cc1. The van der Waals surface area contributed by atoms with Gasteiger partial charge in [-0.05, 0) is 23.3 Å². The predicted octanol–water partition coefficient (Wildman–Crippen LogP) is 3.46. The zero-order valence-corrected chi connectivity index (χ0v) is 11.7. The second-order valence-electron chi connectivity index (χ2n) is 4.59. The van der Waals surface area contributed by atoms with Gasteiger partial charge in [-0.1, -0.05) is 42.5 Å². The molecule has 0 aliphatic heterocycles. The largest absolute Gasteiger partial charge is 0.497 e. The molecule has 6 heteroatoms. The second kappa shape index (κ2) is 6.51. The maximum Gasteiger partial charge on any atom is 0.471 e. The zero-order valence-electron chi connectivity index (χ0n) is 11.7. The molecule has 0 bridgehead atoms. The summed E-state index contributed by atoms with van der Waals surface area (Å²) in [5.41, 5.74) is 1.09. The molecule has 0 aliphatic carbocycles. The third-order valence-corrected chi connectivity index (χ3v) is 3.11.